The number of pyridine rings is 1. The molecule has 1 amide bonds. The molecular formula is C23H29N5O4S. The molecule has 0 atom stereocenters. The summed E-state index contributed by atoms with van der Waals surface area (Å²) in [6.07, 6.45) is 2.69. The minimum atomic E-state index is -3.75. The van der Waals surface area contributed by atoms with E-state index in [4.69, 9.17) is 4.74 Å². The van der Waals surface area contributed by atoms with Gasteiger partial charge in [-0.1, -0.05) is 6.42 Å². The number of carbonyl (C=O) groups excluding carboxylic acids is 1. The molecule has 0 aliphatic carbocycles. The normalized spacial score (nSPS) is 15.0. The van der Waals surface area contributed by atoms with Gasteiger partial charge < -0.3 is 10.1 Å². The lowest BCUT2D eigenvalue weighted by Crippen LogP contribution is -2.35. The van der Waals surface area contributed by atoms with Crippen molar-refractivity contribution in [2.24, 2.45) is 7.05 Å². The molecule has 2 aromatic heterocycles. The molecule has 1 aliphatic heterocycles. The van der Waals surface area contributed by atoms with Crippen LogP contribution >= 0.6 is 0 Å². The number of aromatic nitrogens is 3. The Balaban J connectivity index is 1.72. The van der Waals surface area contributed by atoms with Crippen LogP contribution < -0.4 is 10.1 Å². The van der Waals surface area contributed by atoms with Crippen LogP contribution in [0.5, 0.6) is 5.75 Å². The van der Waals surface area contributed by atoms with Crippen LogP contribution in [0.2, 0.25) is 0 Å². The van der Waals surface area contributed by atoms with Gasteiger partial charge in [-0.3, -0.25) is 9.48 Å². The molecule has 1 fully saturated rings. The minimum Gasteiger partial charge on any atom is -0.492 e. The first-order valence-electron chi connectivity index (χ1n) is 11.1. The molecule has 1 aliphatic rings. The molecule has 1 saturated heterocycles. The van der Waals surface area contributed by atoms with Crippen molar-refractivity contribution in [3.8, 4) is 5.75 Å². The van der Waals surface area contributed by atoms with E-state index in [9.17, 15) is 13.2 Å². The highest BCUT2D eigenvalue weighted by atomic mass is 32.2. The monoisotopic (exact) mass is 471 g/mol. The van der Waals surface area contributed by atoms with Gasteiger partial charge in [-0.2, -0.15) is 9.40 Å². The molecule has 10 heteroatoms. The third-order valence-electron chi connectivity index (χ3n) is 5.78. The second-order valence-corrected chi connectivity index (χ2v) is 10.1. The van der Waals surface area contributed by atoms with Crippen LogP contribution in [0, 0.1) is 13.8 Å². The summed E-state index contributed by atoms with van der Waals surface area (Å²) in [6, 6.07) is 6.44. The fraction of sp³-hybridized carbons (Fsp3) is 0.435. The molecule has 33 heavy (non-hydrogen) atoms. The standard InChI is InChI=1S/C23H29N5O4S/c1-5-32-19-10-9-17(14-20(19)33(30,31)28-11-7-6-8-12-28)25-23(29)18-13-15(2)24-22-21(18)16(3)26-27(22)4/h9-10,13-14H,5-8,11-12H2,1-4H3,(H,25,29). The largest absolute Gasteiger partial charge is 0.492 e. The summed E-state index contributed by atoms with van der Waals surface area (Å²) >= 11 is 0. The molecule has 0 radical (unpaired) electrons. The Hall–Kier alpha value is -2.98. The molecule has 0 spiro atoms. The fourth-order valence-corrected chi connectivity index (χ4v) is 5.93. The number of amides is 1. The average molecular weight is 472 g/mol. The summed E-state index contributed by atoms with van der Waals surface area (Å²) in [7, 11) is -1.96. The van der Waals surface area contributed by atoms with Crippen molar-refractivity contribution in [1.29, 1.82) is 0 Å². The van der Waals surface area contributed by atoms with Crippen molar-refractivity contribution in [3.05, 3.63) is 41.2 Å². The highest BCUT2D eigenvalue weighted by Gasteiger charge is 2.29. The predicted molar refractivity (Wildman–Crippen MR) is 126 cm³/mol. The molecular weight excluding hydrogens is 442 g/mol. The van der Waals surface area contributed by atoms with E-state index in [0.717, 1.165) is 19.3 Å². The van der Waals surface area contributed by atoms with Gasteiger partial charge in [-0.25, -0.2) is 13.4 Å². The van der Waals surface area contributed by atoms with E-state index in [1.807, 2.05) is 13.8 Å². The number of nitrogens with one attached hydrogen (secondary N) is 1. The minimum absolute atomic E-state index is 0.0673. The maximum Gasteiger partial charge on any atom is 0.256 e. The van der Waals surface area contributed by atoms with E-state index in [-0.39, 0.29) is 16.6 Å². The summed E-state index contributed by atoms with van der Waals surface area (Å²) in [6.45, 7) is 6.76. The van der Waals surface area contributed by atoms with E-state index in [1.165, 1.54) is 10.4 Å². The maximum absolute atomic E-state index is 13.4. The predicted octanol–water partition coefficient (Wildman–Crippen LogP) is 3.41. The van der Waals surface area contributed by atoms with Gasteiger partial charge in [0.25, 0.3) is 5.91 Å². The van der Waals surface area contributed by atoms with Crippen molar-refractivity contribution >= 4 is 32.7 Å². The molecule has 9 nitrogen and oxygen atoms in total. The number of sulfonamides is 1. The number of benzene rings is 1. The van der Waals surface area contributed by atoms with Crippen LogP contribution in [0.4, 0.5) is 5.69 Å². The van der Waals surface area contributed by atoms with Crippen LogP contribution in [-0.2, 0) is 17.1 Å². The summed E-state index contributed by atoms with van der Waals surface area (Å²) in [5.41, 5.74) is 2.83. The molecule has 3 heterocycles. The first kappa shape index (κ1) is 23.2. The number of hydrogen-bond acceptors (Lipinski definition) is 6. The van der Waals surface area contributed by atoms with E-state index in [0.29, 0.717) is 53.4 Å². The zero-order chi connectivity index (χ0) is 23.8. The van der Waals surface area contributed by atoms with Gasteiger partial charge >= 0.3 is 0 Å². The Kier molecular flexibility index (Phi) is 6.40. The Bertz CT molecular complexity index is 1310. The van der Waals surface area contributed by atoms with Gasteiger partial charge in [0, 0.05) is 31.5 Å². The van der Waals surface area contributed by atoms with Crippen LogP contribution in [0.3, 0.4) is 0 Å². The Morgan fingerprint density at radius 1 is 1.15 bits per heavy atom. The molecule has 0 unspecified atom stereocenters. The van der Waals surface area contributed by atoms with Crippen LogP contribution in [0.1, 0.15) is 47.9 Å². The second-order valence-electron chi connectivity index (χ2n) is 8.23. The maximum atomic E-state index is 13.4. The number of ether oxygens (including phenoxy) is 1. The summed E-state index contributed by atoms with van der Waals surface area (Å²) in [4.78, 5) is 17.8. The number of aryl methyl sites for hydroxylation is 3. The summed E-state index contributed by atoms with van der Waals surface area (Å²) in [5, 5.41) is 7.91. The molecule has 3 aromatic rings. The average Bonchev–Trinajstić information content (AvgIpc) is 3.08. The number of rotatable bonds is 6. The molecule has 0 bridgehead atoms. The van der Waals surface area contributed by atoms with Gasteiger partial charge in [0.1, 0.15) is 10.6 Å². The zero-order valence-corrected chi connectivity index (χ0v) is 20.2. The van der Waals surface area contributed by atoms with Gasteiger partial charge in [0.2, 0.25) is 10.0 Å². The molecule has 1 aromatic carbocycles. The molecule has 176 valence electrons. The first-order chi connectivity index (χ1) is 15.7. The smallest absolute Gasteiger partial charge is 0.256 e. The zero-order valence-electron chi connectivity index (χ0n) is 19.4. The van der Waals surface area contributed by atoms with Crippen molar-refractivity contribution in [2.75, 3.05) is 25.0 Å². The van der Waals surface area contributed by atoms with Gasteiger partial charge in [-0.15, -0.1) is 0 Å². The number of fused-ring (bicyclic) bond motifs is 1. The lowest BCUT2D eigenvalue weighted by Gasteiger charge is -2.27. The Morgan fingerprint density at radius 3 is 2.58 bits per heavy atom. The lowest BCUT2D eigenvalue weighted by molar-refractivity contribution is 0.102. The Labute approximate surface area is 193 Å². The SMILES string of the molecule is CCOc1ccc(NC(=O)c2cc(C)nc3c2c(C)nn3C)cc1S(=O)(=O)N1CCCCC1. The molecule has 4 rings (SSSR count). The topological polar surface area (TPSA) is 106 Å². The van der Waals surface area contributed by atoms with Crippen LogP contribution in [-0.4, -0.2) is 53.1 Å². The van der Waals surface area contributed by atoms with Gasteiger partial charge in [0.15, 0.2) is 5.65 Å². The van der Waals surface area contributed by atoms with E-state index < -0.39 is 10.0 Å². The quantitative estimate of drug-likeness (QED) is 0.591. The highest BCUT2D eigenvalue weighted by Crippen LogP contribution is 2.32. The van der Waals surface area contributed by atoms with E-state index in [2.05, 4.69) is 15.4 Å². The van der Waals surface area contributed by atoms with E-state index >= 15 is 0 Å². The summed E-state index contributed by atoms with van der Waals surface area (Å²) in [5.74, 6) is -0.0709. The van der Waals surface area contributed by atoms with Crippen molar-refractivity contribution in [1.82, 2.24) is 19.1 Å². The summed E-state index contributed by atoms with van der Waals surface area (Å²) < 4.78 is 35.5. The van der Waals surface area contributed by atoms with Crippen LogP contribution in [0.15, 0.2) is 29.2 Å². The Morgan fingerprint density at radius 2 is 1.88 bits per heavy atom. The molecule has 1 N–H and O–H groups in total. The number of anilines is 1. The number of piperidine rings is 1. The van der Waals surface area contributed by atoms with Crippen molar-refractivity contribution < 1.29 is 17.9 Å². The third-order valence-corrected chi connectivity index (χ3v) is 7.70. The van der Waals surface area contributed by atoms with Gasteiger partial charge in [0.05, 0.1) is 23.3 Å². The van der Waals surface area contributed by atoms with Gasteiger partial charge in [-0.05, 0) is 57.9 Å². The van der Waals surface area contributed by atoms with Crippen molar-refractivity contribution in [2.45, 2.75) is 44.9 Å². The lowest BCUT2D eigenvalue weighted by atomic mass is 10.1. The number of hydrogen-bond donors (Lipinski definition) is 1. The van der Waals surface area contributed by atoms with Crippen LogP contribution in [0.25, 0.3) is 11.0 Å². The highest BCUT2D eigenvalue weighted by molar-refractivity contribution is 7.89. The second kappa shape index (κ2) is 9.11. The third kappa shape index (κ3) is 4.45. The fourth-order valence-electron chi connectivity index (χ4n) is 4.25. The van der Waals surface area contributed by atoms with Crippen molar-refractivity contribution in [3.63, 3.8) is 0 Å². The first-order valence-corrected chi connectivity index (χ1v) is 12.6. The number of carbonyl (C=O) groups is 1. The van der Waals surface area contributed by atoms with E-state index in [1.54, 1.807) is 36.9 Å². The molecule has 0 saturated carbocycles. The number of nitrogens with zero attached hydrogens (tertiary/aromatic N) is 4.